The van der Waals surface area contributed by atoms with E-state index in [1.54, 1.807) is 60.0 Å². The third kappa shape index (κ3) is 5.95. The van der Waals surface area contributed by atoms with Gasteiger partial charge in [0.1, 0.15) is 9.46 Å². The molecule has 4 aromatic rings. The van der Waals surface area contributed by atoms with Crippen molar-refractivity contribution < 1.29 is 13.2 Å². The monoisotopic (exact) mass is 548 g/mol. The quantitative estimate of drug-likeness (QED) is 0.226. The van der Waals surface area contributed by atoms with Crippen molar-refractivity contribution in [3.63, 3.8) is 0 Å². The molecule has 1 aromatic heterocycles. The first-order valence-electron chi connectivity index (χ1n) is 9.96. The number of carbonyl (C=O) groups is 1. The van der Waals surface area contributed by atoms with Crippen LogP contribution in [-0.4, -0.2) is 14.3 Å². The van der Waals surface area contributed by atoms with Crippen LogP contribution in [0.25, 0.3) is 0 Å². The summed E-state index contributed by atoms with van der Waals surface area (Å²) in [5.41, 5.74) is 1.67. The third-order valence-corrected chi connectivity index (χ3v) is 9.53. The number of amides is 1. The number of carbonyl (C=O) groups excluding carboxylic acids is 1. The molecular formula is C24H18Cl2N2O3S3. The molecule has 0 fully saturated rings. The van der Waals surface area contributed by atoms with Gasteiger partial charge in [-0.05, 0) is 53.4 Å². The van der Waals surface area contributed by atoms with Crippen molar-refractivity contribution in [1.82, 2.24) is 0 Å². The smallest absolute Gasteiger partial charge is 0.271 e. The van der Waals surface area contributed by atoms with Gasteiger partial charge in [0.2, 0.25) is 5.91 Å². The van der Waals surface area contributed by atoms with Crippen LogP contribution in [0, 0.1) is 0 Å². The molecule has 0 aliphatic carbocycles. The maximum atomic E-state index is 13.2. The van der Waals surface area contributed by atoms with E-state index in [4.69, 9.17) is 23.2 Å². The Labute approximate surface area is 216 Å². The van der Waals surface area contributed by atoms with Gasteiger partial charge in [0, 0.05) is 10.6 Å². The summed E-state index contributed by atoms with van der Waals surface area (Å²) in [4.78, 5) is 14.0. The Kier molecular flexibility index (Phi) is 7.85. The Morgan fingerprint density at radius 3 is 2.29 bits per heavy atom. The number of hydrogen-bond acceptors (Lipinski definition) is 5. The van der Waals surface area contributed by atoms with Gasteiger partial charge in [-0.2, -0.15) is 0 Å². The lowest BCUT2D eigenvalue weighted by Gasteiger charge is -2.18. The average molecular weight is 550 g/mol. The molecule has 1 atom stereocenters. The van der Waals surface area contributed by atoms with Crippen LogP contribution in [0.3, 0.4) is 0 Å². The largest absolute Gasteiger partial charge is 0.323 e. The minimum absolute atomic E-state index is 0.242. The minimum atomic E-state index is -3.63. The lowest BCUT2D eigenvalue weighted by Crippen LogP contribution is -2.19. The van der Waals surface area contributed by atoms with Crippen molar-refractivity contribution in [2.45, 2.75) is 14.4 Å². The van der Waals surface area contributed by atoms with Crippen LogP contribution in [0.5, 0.6) is 0 Å². The first kappa shape index (κ1) is 24.6. The van der Waals surface area contributed by atoms with Crippen LogP contribution in [0.4, 0.5) is 11.4 Å². The summed E-state index contributed by atoms with van der Waals surface area (Å²) >= 11 is 14.8. The summed E-state index contributed by atoms with van der Waals surface area (Å²) in [5, 5.41) is 4.62. The molecule has 1 unspecified atom stereocenters. The molecular weight excluding hydrogens is 531 g/mol. The fourth-order valence-corrected chi connectivity index (χ4v) is 6.48. The highest BCUT2D eigenvalue weighted by atomic mass is 35.5. The normalized spacial score (nSPS) is 12.2. The molecule has 4 rings (SSSR count). The minimum Gasteiger partial charge on any atom is -0.323 e. The molecule has 5 nitrogen and oxygen atoms in total. The predicted molar refractivity (Wildman–Crippen MR) is 142 cm³/mol. The van der Waals surface area contributed by atoms with Crippen LogP contribution >= 0.6 is 46.3 Å². The summed E-state index contributed by atoms with van der Waals surface area (Å²) in [6.45, 7) is 0. The molecule has 2 N–H and O–H groups in total. The zero-order chi connectivity index (χ0) is 24.1. The molecule has 1 heterocycles. The highest BCUT2D eigenvalue weighted by Gasteiger charge is 2.23. The van der Waals surface area contributed by atoms with E-state index in [2.05, 4.69) is 10.0 Å². The standard InChI is InChI=1S/C24H18Cl2N2O3S3/c25-19-8-4-9-20(22(19)26)27-24(29)23(16-6-2-1-3-7-16)33-18-13-11-17(12-14-18)28-34(30,31)21-10-5-15-32-21/h1-15,23,28H,(H,27,29). The molecule has 174 valence electrons. The van der Waals surface area contributed by atoms with E-state index in [1.165, 1.54) is 11.8 Å². The van der Waals surface area contributed by atoms with Gasteiger partial charge in [0.15, 0.2) is 0 Å². The van der Waals surface area contributed by atoms with E-state index in [1.807, 2.05) is 30.3 Å². The molecule has 0 radical (unpaired) electrons. The van der Waals surface area contributed by atoms with E-state index in [0.717, 1.165) is 21.8 Å². The van der Waals surface area contributed by atoms with Gasteiger partial charge in [-0.1, -0.05) is 65.7 Å². The van der Waals surface area contributed by atoms with Crippen molar-refractivity contribution in [2.75, 3.05) is 10.0 Å². The average Bonchev–Trinajstić information content (AvgIpc) is 3.38. The molecule has 10 heteroatoms. The van der Waals surface area contributed by atoms with Gasteiger partial charge < -0.3 is 5.32 Å². The van der Waals surface area contributed by atoms with Crippen molar-refractivity contribution in [3.05, 3.63) is 106 Å². The Morgan fingerprint density at radius 1 is 0.882 bits per heavy atom. The maximum absolute atomic E-state index is 13.2. The number of halogens is 2. The number of rotatable bonds is 8. The molecule has 0 aliphatic heterocycles. The second kappa shape index (κ2) is 10.8. The maximum Gasteiger partial charge on any atom is 0.271 e. The van der Waals surface area contributed by atoms with Crippen molar-refractivity contribution >= 4 is 73.6 Å². The van der Waals surface area contributed by atoms with Crippen LogP contribution in [-0.2, 0) is 14.8 Å². The van der Waals surface area contributed by atoms with E-state index < -0.39 is 15.3 Å². The molecule has 0 aliphatic rings. The van der Waals surface area contributed by atoms with Crippen LogP contribution in [0.15, 0.2) is 99.4 Å². The number of anilines is 2. The zero-order valence-corrected chi connectivity index (χ0v) is 21.4. The fourth-order valence-electron chi connectivity index (χ4n) is 3.06. The van der Waals surface area contributed by atoms with Crippen molar-refractivity contribution in [1.29, 1.82) is 0 Å². The van der Waals surface area contributed by atoms with E-state index in [9.17, 15) is 13.2 Å². The van der Waals surface area contributed by atoms with E-state index in [0.29, 0.717) is 16.4 Å². The molecule has 0 bridgehead atoms. The number of thioether (sulfide) groups is 1. The Morgan fingerprint density at radius 2 is 1.62 bits per heavy atom. The molecule has 0 spiro atoms. The van der Waals surface area contributed by atoms with E-state index >= 15 is 0 Å². The topological polar surface area (TPSA) is 75.3 Å². The van der Waals surface area contributed by atoms with Crippen LogP contribution in [0.2, 0.25) is 10.0 Å². The number of hydrogen-bond donors (Lipinski definition) is 2. The predicted octanol–water partition coefficient (Wildman–Crippen LogP) is 7.33. The molecule has 34 heavy (non-hydrogen) atoms. The Bertz CT molecular complexity index is 1380. The van der Waals surface area contributed by atoms with Gasteiger partial charge >= 0.3 is 0 Å². The van der Waals surface area contributed by atoms with Gasteiger partial charge in [-0.3, -0.25) is 9.52 Å². The van der Waals surface area contributed by atoms with E-state index in [-0.39, 0.29) is 15.1 Å². The second-order valence-corrected chi connectivity index (χ2v) is 11.9. The number of thiophene rings is 1. The molecule has 0 saturated carbocycles. The highest BCUT2D eigenvalue weighted by Crippen LogP contribution is 2.38. The lowest BCUT2D eigenvalue weighted by molar-refractivity contribution is -0.115. The van der Waals surface area contributed by atoms with Crippen LogP contribution in [0.1, 0.15) is 10.8 Å². The number of nitrogens with one attached hydrogen (secondary N) is 2. The summed E-state index contributed by atoms with van der Waals surface area (Å²) in [6, 6.07) is 24.5. The summed E-state index contributed by atoms with van der Waals surface area (Å²) < 4.78 is 27.7. The molecule has 1 amide bonds. The molecule has 3 aromatic carbocycles. The Balaban J connectivity index is 1.54. The number of sulfonamides is 1. The van der Waals surface area contributed by atoms with Gasteiger partial charge in [-0.25, -0.2) is 8.42 Å². The Hall–Kier alpha value is -2.49. The SMILES string of the molecule is O=C(Nc1cccc(Cl)c1Cl)C(Sc1ccc(NS(=O)(=O)c2cccs2)cc1)c1ccccc1. The summed E-state index contributed by atoms with van der Waals surface area (Å²) in [7, 11) is -3.63. The first-order chi connectivity index (χ1) is 16.3. The van der Waals surface area contributed by atoms with Crippen LogP contribution < -0.4 is 10.0 Å². The van der Waals surface area contributed by atoms with Crippen molar-refractivity contribution in [2.24, 2.45) is 0 Å². The summed E-state index contributed by atoms with van der Waals surface area (Å²) in [6.07, 6.45) is 0. The second-order valence-electron chi connectivity index (χ2n) is 7.06. The summed E-state index contributed by atoms with van der Waals surface area (Å²) in [5.74, 6) is -0.261. The molecule has 0 saturated heterocycles. The zero-order valence-electron chi connectivity index (χ0n) is 17.4. The lowest BCUT2D eigenvalue weighted by atomic mass is 10.1. The third-order valence-electron chi connectivity index (χ3n) is 4.67. The van der Waals surface area contributed by atoms with Crippen molar-refractivity contribution in [3.8, 4) is 0 Å². The van der Waals surface area contributed by atoms with Gasteiger partial charge in [-0.15, -0.1) is 23.1 Å². The van der Waals surface area contributed by atoms with Gasteiger partial charge in [0.05, 0.1) is 15.7 Å². The fraction of sp³-hybridized carbons (Fsp3) is 0.0417. The first-order valence-corrected chi connectivity index (χ1v) is 14.0. The number of benzene rings is 3. The van der Waals surface area contributed by atoms with Gasteiger partial charge in [0.25, 0.3) is 10.0 Å². The highest BCUT2D eigenvalue weighted by molar-refractivity contribution is 8.00.